The first-order valence-corrected chi connectivity index (χ1v) is 2.16. The molecule has 1 rings (SSSR count). The van der Waals surface area contributed by atoms with Crippen molar-refractivity contribution < 1.29 is 17.1 Å². The van der Waals surface area contributed by atoms with Gasteiger partial charge in [-0.25, -0.2) is 0 Å². The van der Waals surface area contributed by atoms with Gasteiger partial charge in [-0.2, -0.15) is 10.2 Å². The maximum Gasteiger partial charge on any atom is 2.00 e. The van der Waals surface area contributed by atoms with Crippen LogP contribution in [-0.2, 0) is 17.1 Å². The number of rotatable bonds is 0. The maximum atomic E-state index is 6.25. The first-order chi connectivity index (χ1) is 5.00. The van der Waals surface area contributed by atoms with E-state index >= 15 is 0 Å². The van der Waals surface area contributed by atoms with Crippen molar-refractivity contribution in [2.24, 2.45) is 0 Å². The van der Waals surface area contributed by atoms with Crippen LogP contribution in [0.15, 0.2) is 24.5 Å². The smallest absolute Gasteiger partial charge is 0.512 e. The van der Waals surface area contributed by atoms with Crippen molar-refractivity contribution in [2.75, 3.05) is 0 Å². The summed E-state index contributed by atoms with van der Waals surface area (Å²) < 4.78 is 0. The molecule has 1 radical (unpaired) electrons. The molecular formula is C6H4CuN4. The summed E-state index contributed by atoms with van der Waals surface area (Å²) >= 11 is 0. The molecule has 59 valence electrons. The molecule has 0 N–H and O–H groups in total. The van der Waals surface area contributed by atoms with Crippen LogP contribution in [0.3, 0.4) is 0 Å². The molecule has 0 aromatic carbocycles. The molecule has 1 heterocycles. The Morgan fingerprint density at radius 1 is 0.818 bits per heavy atom. The van der Waals surface area contributed by atoms with Gasteiger partial charge in [-0.05, 0) is 12.1 Å². The summed E-state index contributed by atoms with van der Waals surface area (Å²) in [7, 11) is 0. The molecule has 0 atom stereocenters. The minimum absolute atomic E-state index is 0. The third kappa shape index (κ3) is 17.7. The SMILES string of the molecule is [C-]#N.[C-]#N.[Cu+2].c1ccnnc1. The molecule has 0 aliphatic rings. The minimum atomic E-state index is 0. The number of aromatic nitrogens is 2. The normalized spacial score (nSPS) is 4.73. The molecule has 4 nitrogen and oxygen atoms in total. The second-order valence-electron chi connectivity index (χ2n) is 0.914. The topological polar surface area (TPSA) is 73.4 Å². The minimum Gasteiger partial charge on any atom is -0.512 e. The Morgan fingerprint density at radius 3 is 1.18 bits per heavy atom. The summed E-state index contributed by atoms with van der Waals surface area (Å²) in [5.41, 5.74) is 0. The monoisotopic (exact) mass is 195 g/mol. The Labute approximate surface area is 76.0 Å². The first-order valence-electron chi connectivity index (χ1n) is 2.16. The van der Waals surface area contributed by atoms with Crippen LogP contribution in [0.2, 0.25) is 0 Å². The molecule has 0 bridgehead atoms. The molecule has 0 aliphatic carbocycles. The summed E-state index contributed by atoms with van der Waals surface area (Å²) in [5.74, 6) is 0. The van der Waals surface area contributed by atoms with E-state index in [0.29, 0.717) is 0 Å². The predicted molar refractivity (Wildman–Crippen MR) is 32.0 cm³/mol. The zero-order chi connectivity index (χ0) is 8.24. The Bertz CT molecular complexity index is 139. The van der Waals surface area contributed by atoms with E-state index < -0.39 is 0 Å². The maximum absolute atomic E-state index is 6.25. The molecule has 0 saturated carbocycles. The number of nitrogens with zero attached hydrogens (tertiary/aromatic N) is 4. The van der Waals surface area contributed by atoms with Crippen LogP contribution in [0.1, 0.15) is 0 Å². The van der Waals surface area contributed by atoms with E-state index in [-0.39, 0.29) is 17.1 Å². The van der Waals surface area contributed by atoms with E-state index in [4.69, 9.17) is 23.7 Å². The van der Waals surface area contributed by atoms with Crippen LogP contribution in [0.5, 0.6) is 0 Å². The van der Waals surface area contributed by atoms with Gasteiger partial charge in [0.25, 0.3) is 0 Å². The summed E-state index contributed by atoms with van der Waals surface area (Å²) in [4.78, 5) is 0. The molecule has 0 spiro atoms. The summed E-state index contributed by atoms with van der Waals surface area (Å²) in [6, 6.07) is 3.65. The predicted octanol–water partition coefficient (Wildman–Crippen LogP) is 0.667. The molecule has 0 saturated heterocycles. The van der Waals surface area contributed by atoms with Crippen LogP contribution in [0.4, 0.5) is 0 Å². The molecule has 0 aliphatic heterocycles. The van der Waals surface area contributed by atoms with Crippen LogP contribution in [0.25, 0.3) is 0 Å². The van der Waals surface area contributed by atoms with Crippen molar-refractivity contribution in [1.29, 1.82) is 10.5 Å². The fraction of sp³-hybridized carbons (Fsp3) is 0. The average molecular weight is 196 g/mol. The Morgan fingerprint density at radius 2 is 1.09 bits per heavy atom. The van der Waals surface area contributed by atoms with Crippen molar-refractivity contribution in [2.45, 2.75) is 0 Å². The van der Waals surface area contributed by atoms with Gasteiger partial charge in [-0.3, -0.25) is 0 Å². The van der Waals surface area contributed by atoms with Gasteiger partial charge in [0, 0.05) is 12.4 Å². The van der Waals surface area contributed by atoms with Crippen molar-refractivity contribution in [3.05, 3.63) is 37.7 Å². The standard InChI is InChI=1S/C4H4N2.2CN.Cu/c1-2-4-6-5-3-1;2*1-2;/h1-4H;;;/q;2*-1;+2. The quantitative estimate of drug-likeness (QED) is 0.451. The molecule has 1 aromatic rings. The van der Waals surface area contributed by atoms with Gasteiger partial charge in [0.05, 0.1) is 0 Å². The average Bonchev–Trinajstić information content (AvgIpc) is 2.14. The Hall–Kier alpha value is -1.42. The van der Waals surface area contributed by atoms with Crippen LogP contribution < -0.4 is 0 Å². The largest absolute Gasteiger partial charge is 2.00 e. The molecule has 11 heavy (non-hydrogen) atoms. The van der Waals surface area contributed by atoms with Gasteiger partial charge in [0.1, 0.15) is 0 Å². The Balaban J connectivity index is -0.000000114. The van der Waals surface area contributed by atoms with E-state index in [1.807, 2.05) is 12.1 Å². The van der Waals surface area contributed by atoms with Crippen molar-refractivity contribution in [3.8, 4) is 0 Å². The summed E-state index contributed by atoms with van der Waals surface area (Å²) in [6.07, 6.45) is 3.28. The second-order valence-corrected chi connectivity index (χ2v) is 0.914. The molecule has 0 fully saturated rings. The van der Waals surface area contributed by atoms with E-state index in [0.717, 1.165) is 0 Å². The van der Waals surface area contributed by atoms with Gasteiger partial charge < -0.3 is 23.7 Å². The molecule has 5 heteroatoms. The van der Waals surface area contributed by atoms with Gasteiger partial charge in [0.15, 0.2) is 0 Å². The number of hydrogen-bond acceptors (Lipinski definition) is 4. The van der Waals surface area contributed by atoms with Gasteiger partial charge in [0.2, 0.25) is 0 Å². The zero-order valence-corrected chi connectivity index (χ0v) is 6.34. The van der Waals surface area contributed by atoms with E-state index in [1.54, 1.807) is 12.4 Å². The van der Waals surface area contributed by atoms with Crippen LogP contribution in [-0.4, -0.2) is 10.2 Å². The number of hydrogen-bond donors (Lipinski definition) is 0. The zero-order valence-electron chi connectivity index (χ0n) is 5.40. The van der Waals surface area contributed by atoms with Gasteiger partial charge in [-0.15, -0.1) is 0 Å². The molecule has 0 amide bonds. The van der Waals surface area contributed by atoms with Crippen molar-refractivity contribution in [1.82, 2.24) is 10.2 Å². The van der Waals surface area contributed by atoms with E-state index in [2.05, 4.69) is 10.2 Å². The van der Waals surface area contributed by atoms with Gasteiger partial charge in [-0.1, -0.05) is 0 Å². The fourth-order valence-electron chi connectivity index (χ4n) is 0.253. The van der Waals surface area contributed by atoms with E-state index in [9.17, 15) is 0 Å². The fourth-order valence-corrected chi connectivity index (χ4v) is 0.253. The second kappa shape index (κ2) is 23.5. The molecular weight excluding hydrogens is 192 g/mol. The summed E-state index contributed by atoms with van der Waals surface area (Å²) in [5, 5.41) is 19.6. The van der Waals surface area contributed by atoms with Crippen LogP contribution >= 0.6 is 0 Å². The van der Waals surface area contributed by atoms with Crippen molar-refractivity contribution in [3.63, 3.8) is 0 Å². The summed E-state index contributed by atoms with van der Waals surface area (Å²) in [6.45, 7) is 9.50. The van der Waals surface area contributed by atoms with Crippen LogP contribution in [0, 0.1) is 23.7 Å². The Kier molecular flexibility index (Phi) is 34.8. The third-order valence-corrected chi connectivity index (χ3v) is 0.483. The molecule has 0 unspecified atom stereocenters. The third-order valence-electron chi connectivity index (χ3n) is 0.483. The molecule has 1 aromatic heterocycles. The van der Waals surface area contributed by atoms with Crippen molar-refractivity contribution >= 4 is 0 Å². The first kappa shape index (κ1) is 16.3. The van der Waals surface area contributed by atoms with E-state index in [1.165, 1.54) is 0 Å². The van der Waals surface area contributed by atoms with Gasteiger partial charge >= 0.3 is 17.1 Å².